The Morgan fingerprint density at radius 3 is 2.26 bits per heavy atom. The summed E-state index contributed by atoms with van der Waals surface area (Å²) in [6.45, 7) is 1.65. The van der Waals surface area contributed by atoms with Crippen molar-refractivity contribution in [3.8, 4) is 5.75 Å². The average molecular weight is 427 g/mol. The van der Waals surface area contributed by atoms with E-state index in [9.17, 15) is 18.8 Å². The third-order valence-electron chi connectivity index (χ3n) is 5.13. The maximum atomic E-state index is 13.0. The second-order valence-corrected chi connectivity index (χ2v) is 7.58. The smallest absolute Gasteiger partial charge is 0.259 e. The van der Waals surface area contributed by atoms with Crippen molar-refractivity contribution >= 4 is 17.7 Å². The van der Waals surface area contributed by atoms with Crippen LogP contribution < -0.4 is 4.74 Å². The van der Waals surface area contributed by atoms with Crippen molar-refractivity contribution in [1.29, 1.82) is 0 Å². The number of amides is 3. The summed E-state index contributed by atoms with van der Waals surface area (Å²) >= 11 is 0. The minimum absolute atomic E-state index is 0.0420. The van der Waals surface area contributed by atoms with Gasteiger partial charge in [-0.25, -0.2) is 4.39 Å². The van der Waals surface area contributed by atoms with E-state index in [1.54, 1.807) is 60.3 Å². The first-order chi connectivity index (χ1) is 14.8. The number of halogens is 1. The molecule has 0 spiro atoms. The average Bonchev–Trinajstić information content (AvgIpc) is 2.78. The molecule has 2 aromatic rings. The summed E-state index contributed by atoms with van der Waals surface area (Å²) in [7, 11) is 3.30. The molecule has 7 nitrogen and oxygen atoms in total. The van der Waals surface area contributed by atoms with Crippen LogP contribution in [0.25, 0.3) is 0 Å². The van der Waals surface area contributed by atoms with E-state index in [1.165, 1.54) is 17.0 Å². The lowest BCUT2D eigenvalue weighted by atomic mass is 10.1. The van der Waals surface area contributed by atoms with Gasteiger partial charge in [-0.2, -0.15) is 0 Å². The fourth-order valence-electron chi connectivity index (χ4n) is 3.22. The van der Waals surface area contributed by atoms with Crippen molar-refractivity contribution in [3.05, 3.63) is 65.5 Å². The fraction of sp³-hybridized carbons (Fsp3) is 0.348. The van der Waals surface area contributed by atoms with Crippen LogP contribution in [0.3, 0.4) is 0 Å². The Bertz CT molecular complexity index is 938. The maximum absolute atomic E-state index is 13.0. The van der Waals surface area contributed by atoms with Crippen molar-refractivity contribution in [1.82, 2.24) is 14.7 Å². The zero-order chi connectivity index (χ0) is 22.4. The van der Waals surface area contributed by atoms with Gasteiger partial charge in [0.1, 0.15) is 11.6 Å². The van der Waals surface area contributed by atoms with Crippen molar-refractivity contribution in [2.45, 2.75) is 6.42 Å². The molecule has 0 unspecified atom stereocenters. The zero-order valence-corrected chi connectivity index (χ0v) is 17.7. The third-order valence-corrected chi connectivity index (χ3v) is 5.13. The SMILES string of the molecule is CN(C)C(=O)COc1cccc(C(=O)N2CCN(C(=O)Cc3ccc(F)cc3)CC2)c1. The molecule has 0 aliphatic carbocycles. The Balaban J connectivity index is 1.52. The molecule has 31 heavy (non-hydrogen) atoms. The summed E-state index contributed by atoms with van der Waals surface area (Å²) in [5, 5.41) is 0. The molecule has 1 heterocycles. The van der Waals surface area contributed by atoms with Crippen LogP contribution in [0.5, 0.6) is 5.75 Å². The summed E-state index contributed by atoms with van der Waals surface area (Å²) in [6, 6.07) is 12.6. The number of hydrogen-bond donors (Lipinski definition) is 0. The first-order valence-electron chi connectivity index (χ1n) is 10.1. The highest BCUT2D eigenvalue weighted by atomic mass is 19.1. The van der Waals surface area contributed by atoms with Gasteiger partial charge in [-0.05, 0) is 35.9 Å². The number of carbonyl (C=O) groups excluding carboxylic acids is 3. The largest absolute Gasteiger partial charge is 0.484 e. The van der Waals surface area contributed by atoms with Crippen molar-refractivity contribution in [2.75, 3.05) is 46.9 Å². The molecule has 1 fully saturated rings. The molecule has 3 rings (SSSR count). The van der Waals surface area contributed by atoms with Crippen molar-refractivity contribution < 1.29 is 23.5 Å². The Morgan fingerprint density at radius 1 is 0.968 bits per heavy atom. The normalized spacial score (nSPS) is 13.6. The van der Waals surface area contributed by atoms with Gasteiger partial charge in [-0.15, -0.1) is 0 Å². The standard InChI is InChI=1S/C23H26FN3O4/c1-25(2)22(29)16-31-20-5-3-4-18(15-20)23(30)27-12-10-26(11-13-27)21(28)14-17-6-8-19(24)9-7-17/h3-9,15H,10-14,16H2,1-2H3. The molecule has 0 saturated carbocycles. The Labute approximate surface area is 181 Å². The van der Waals surface area contributed by atoms with Gasteiger partial charge in [0.25, 0.3) is 11.8 Å². The third kappa shape index (κ3) is 6.04. The minimum Gasteiger partial charge on any atom is -0.484 e. The Kier molecular flexibility index (Phi) is 7.23. The van der Waals surface area contributed by atoms with E-state index in [2.05, 4.69) is 0 Å². The van der Waals surface area contributed by atoms with Gasteiger partial charge >= 0.3 is 0 Å². The Hall–Kier alpha value is -3.42. The number of benzene rings is 2. The van der Waals surface area contributed by atoms with Gasteiger partial charge in [0.15, 0.2) is 6.61 Å². The highest BCUT2D eigenvalue weighted by Crippen LogP contribution is 2.17. The number of likely N-dealkylation sites (N-methyl/N-ethyl adjacent to an activating group) is 1. The number of carbonyl (C=O) groups is 3. The number of rotatable bonds is 6. The minimum atomic E-state index is -0.331. The number of ether oxygens (including phenoxy) is 1. The molecule has 0 aromatic heterocycles. The van der Waals surface area contributed by atoms with Crippen LogP contribution in [0.2, 0.25) is 0 Å². The lowest BCUT2D eigenvalue weighted by Gasteiger charge is -2.35. The topological polar surface area (TPSA) is 70.2 Å². The van der Waals surface area contributed by atoms with E-state index in [4.69, 9.17) is 4.74 Å². The van der Waals surface area contributed by atoms with Gasteiger partial charge in [-0.3, -0.25) is 14.4 Å². The van der Waals surface area contributed by atoms with Crippen LogP contribution in [-0.2, 0) is 16.0 Å². The molecule has 8 heteroatoms. The lowest BCUT2D eigenvalue weighted by Crippen LogP contribution is -2.51. The summed E-state index contributed by atoms with van der Waals surface area (Å²) < 4.78 is 18.5. The first-order valence-corrected chi connectivity index (χ1v) is 10.1. The molecule has 1 aliphatic rings. The highest BCUT2D eigenvalue weighted by molar-refractivity contribution is 5.95. The number of nitrogens with zero attached hydrogens (tertiary/aromatic N) is 3. The van der Waals surface area contributed by atoms with E-state index in [-0.39, 0.29) is 36.6 Å². The van der Waals surface area contributed by atoms with Crippen LogP contribution in [-0.4, -0.2) is 79.3 Å². The van der Waals surface area contributed by atoms with Crippen molar-refractivity contribution in [2.24, 2.45) is 0 Å². The summed E-state index contributed by atoms with van der Waals surface area (Å²) in [4.78, 5) is 41.9. The van der Waals surface area contributed by atoms with Crippen LogP contribution in [0.1, 0.15) is 15.9 Å². The van der Waals surface area contributed by atoms with Gasteiger partial charge in [0.05, 0.1) is 6.42 Å². The highest BCUT2D eigenvalue weighted by Gasteiger charge is 2.25. The Morgan fingerprint density at radius 2 is 1.61 bits per heavy atom. The first kappa shape index (κ1) is 22.3. The van der Waals surface area contributed by atoms with Crippen LogP contribution in [0.4, 0.5) is 4.39 Å². The van der Waals surface area contributed by atoms with Gasteiger partial charge < -0.3 is 19.4 Å². The maximum Gasteiger partial charge on any atom is 0.259 e. The second kappa shape index (κ2) is 10.1. The lowest BCUT2D eigenvalue weighted by molar-refractivity contribution is -0.132. The molecule has 0 N–H and O–H groups in total. The number of hydrogen-bond acceptors (Lipinski definition) is 4. The molecule has 0 bridgehead atoms. The molecule has 0 atom stereocenters. The summed E-state index contributed by atoms with van der Waals surface area (Å²) in [5.41, 5.74) is 1.23. The monoisotopic (exact) mass is 427 g/mol. The van der Waals surface area contributed by atoms with Gasteiger partial charge in [0, 0.05) is 45.8 Å². The molecule has 2 aromatic carbocycles. The predicted octanol–water partition coefficient (Wildman–Crippen LogP) is 1.82. The molecular formula is C23H26FN3O4. The van der Waals surface area contributed by atoms with E-state index < -0.39 is 0 Å². The molecule has 1 aliphatic heterocycles. The fourth-order valence-corrected chi connectivity index (χ4v) is 3.22. The van der Waals surface area contributed by atoms with Crippen molar-refractivity contribution in [3.63, 3.8) is 0 Å². The van der Waals surface area contributed by atoms with Gasteiger partial charge in [0.2, 0.25) is 5.91 Å². The summed E-state index contributed by atoms with van der Waals surface area (Å²) in [6.07, 6.45) is 0.208. The second-order valence-electron chi connectivity index (χ2n) is 7.58. The summed E-state index contributed by atoms with van der Waals surface area (Å²) in [5.74, 6) is -0.232. The van der Waals surface area contributed by atoms with Crippen LogP contribution in [0.15, 0.2) is 48.5 Å². The predicted molar refractivity (Wildman–Crippen MR) is 113 cm³/mol. The molecule has 3 amide bonds. The molecule has 1 saturated heterocycles. The van der Waals surface area contributed by atoms with E-state index in [1.807, 2.05) is 0 Å². The molecule has 0 radical (unpaired) electrons. The molecule has 164 valence electrons. The van der Waals surface area contributed by atoms with Crippen LogP contribution in [0, 0.1) is 5.82 Å². The zero-order valence-electron chi connectivity index (χ0n) is 17.7. The quantitative estimate of drug-likeness (QED) is 0.705. The van der Waals surface area contributed by atoms with E-state index in [0.717, 1.165) is 5.56 Å². The van der Waals surface area contributed by atoms with E-state index in [0.29, 0.717) is 37.5 Å². The van der Waals surface area contributed by atoms with E-state index >= 15 is 0 Å². The molecular weight excluding hydrogens is 401 g/mol. The van der Waals surface area contributed by atoms with Gasteiger partial charge in [-0.1, -0.05) is 18.2 Å². The number of piperazine rings is 1. The van der Waals surface area contributed by atoms with Crippen LogP contribution >= 0.6 is 0 Å².